The zero-order chi connectivity index (χ0) is 10.9. The second kappa shape index (κ2) is 3.40. The minimum Gasteiger partial charge on any atom is -0.479 e. The van der Waals surface area contributed by atoms with Gasteiger partial charge in [0, 0.05) is 0 Å². The molecule has 1 aromatic rings. The number of carboxylic acid groups (broad SMARTS) is 1. The van der Waals surface area contributed by atoms with Gasteiger partial charge in [-0.25, -0.2) is 9.48 Å². The molecule has 1 rings (SSSR count). The summed E-state index contributed by atoms with van der Waals surface area (Å²) in [5.41, 5.74) is -0.215. The summed E-state index contributed by atoms with van der Waals surface area (Å²) >= 11 is 0. The highest BCUT2D eigenvalue weighted by molar-refractivity contribution is 5.75. The number of aromatic nitrogens is 3. The summed E-state index contributed by atoms with van der Waals surface area (Å²) in [6.45, 7) is 7.17. The molecule has 5 heteroatoms. The summed E-state index contributed by atoms with van der Waals surface area (Å²) in [4.78, 5) is 11.0. The number of hydrogen-bond acceptors (Lipinski definition) is 3. The second-order valence-electron chi connectivity index (χ2n) is 4.09. The zero-order valence-corrected chi connectivity index (χ0v) is 8.85. The van der Waals surface area contributed by atoms with Crippen molar-refractivity contribution in [3.8, 4) is 0 Å². The molecule has 0 saturated heterocycles. The minimum absolute atomic E-state index is 0.212. The van der Waals surface area contributed by atoms with Gasteiger partial charge in [0.2, 0.25) is 0 Å². The smallest absolute Gasteiger partial charge is 0.331 e. The molecule has 0 aliphatic heterocycles. The van der Waals surface area contributed by atoms with E-state index < -0.39 is 11.5 Å². The summed E-state index contributed by atoms with van der Waals surface area (Å²) in [5, 5.41) is 16.6. The third-order valence-electron chi connectivity index (χ3n) is 2.22. The molecular formula is C9H15N3O2. The topological polar surface area (TPSA) is 68.0 Å². The SMILES string of the molecule is CC(C)c1cnnn1C(C)(C)C(=O)O. The molecule has 0 radical (unpaired) electrons. The number of hydrogen-bond donors (Lipinski definition) is 1. The normalized spacial score (nSPS) is 12.1. The van der Waals surface area contributed by atoms with Crippen LogP contribution in [0.1, 0.15) is 39.3 Å². The molecule has 0 atom stereocenters. The van der Waals surface area contributed by atoms with E-state index in [2.05, 4.69) is 10.3 Å². The molecule has 0 unspecified atom stereocenters. The molecular weight excluding hydrogens is 182 g/mol. The Morgan fingerprint density at radius 3 is 2.57 bits per heavy atom. The Kier molecular flexibility index (Phi) is 2.59. The van der Waals surface area contributed by atoms with Crippen LogP contribution < -0.4 is 0 Å². The maximum atomic E-state index is 11.0. The summed E-state index contributed by atoms with van der Waals surface area (Å²) < 4.78 is 1.46. The van der Waals surface area contributed by atoms with Gasteiger partial charge in [-0.2, -0.15) is 0 Å². The lowest BCUT2D eigenvalue weighted by Crippen LogP contribution is -2.38. The first kappa shape index (κ1) is 10.7. The van der Waals surface area contributed by atoms with Crippen LogP contribution in [0.2, 0.25) is 0 Å². The van der Waals surface area contributed by atoms with Crippen LogP contribution in [-0.4, -0.2) is 26.1 Å². The Balaban J connectivity index is 3.18. The van der Waals surface area contributed by atoms with Gasteiger partial charge >= 0.3 is 5.97 Å². The minimum atomic E-state index is -1.05. The first-order valence-corrected chi connectivity index (χ1v) is 4.52. The van der Waals surface area contributed by atoms with E-state index in [4.69, 9.17) is 5.11 Å². The van der Waals surface area contributed by atoms with Crippen molar-refractivity contribution >= 4 is 5.97 Å². The van der Waals surface area contributed by atoms with Crippen molar-refractivity contribution in [3.05, 3.63) is 11.9 Å². The van der Waals surface area contributed by atoms with E-state index in [0.29, 0.717) is 0 Å². The number of nitrogens with zero attached hydrogens (tertiary/aromatic N) is 3. The van der Waals surface area contributed by atoms with Gasteiger partial charge < -0.3 is 5.11 Å². The van der Waals surface area contributed by atoms with Crippen LogP contribution in [0.4, 0.5) is 0 Å². The standard InChI is InChI=1S/C9H15N3O2/c1-6(2)7-5-10-11-12(7)9(3,4)8(13)14/h5-6H,1-4H3,(H,13,14). The Hall–Kier alpha value is -1.39. The molecule has 0 bridgehead atoms. The van der Waals surface area contributed by atoms with Gasteiger partial charge in [-0.15, -0.1) is 5.10 Å². The Bertz CT molecular complexity index is 342. The van der Waals surface area contributed by atoms with Gasteiger partial charge in [0.1, 0.15) is 0 Å². The predicted molar refractivity (Wildman–Crippen MR) is 51.1 cm³/mol. The largest absolute Gasteiger partial charge is 0.479 e. The lowest BCUT2D eigenvalue weighted by Gasteiger charge is -2.22. The van der Waals surface area contributed by atoms with Crippen molar-refractivity contribution in [3.63, 3.8) is 0 Å². The van der Waals surface area contributed by atoms with Gasteiger partial charge in [0.05, 0.1) is 11.9 Å². The summed E-state index contributed by atoms with van der Waals surface area (Å²) in [6.07, 6.45) is 1.61. The number of rotatable bonds is 3. The molecule has 0 saturated carbocycles. The highest BCUT2D eigenvalue weighted by Crippen LogP contribution is 2.21. The van der Waals surface area contributed by atoms with Gasteiger partial charge in [0.25, 0.3) is 0 Å². The van der Waals surface area contributed by atoms with E-state index in [-0.39, 0.29) is 5.92 Å². The molecule has 0 amide bonds. The molecule has 78 valence electrons. The van der Waals surface area contributed by atoms with E-state index in [0.717, 1.165) is 5.69 Å². The molecule has 0 fully saturated rings. The Labute approximate surface area is 82.7 Å². The van der Waals surface area contributed by atoms with E-state index in [1.807, 2.05) is 13.8 Å². The number of carboxylic acids is 1. The molecule has 5 nitrogen and oxygen atoms in total. The van der Waals surface area contributed by atoms with Crippen LogP contribution in [0.5, 0.6) is 0 Å². The molecule has 0 aliphatic carbocycles. The lowest BCUT2D eigenvalue weighted by molar-refractivity contribution is -0.146. The van der Waals surface area contributed by atoms with Crippen molar-refractivity contribution in [2.75, 3.05) is 0 Å². The van der Waals surface area contributed by atoms with E-state index >= 15 is 0 Å². The fourth-order valence-electron chi connectivity index (χ4n) is 1.16. The van der Waals surface area contributed by atoms with Gasteiger partial charge in [-0.3, -0.25) is 0 Å². The molecule has 14 heavy (non-hydrogen) atoms. The highest BCUT2D eigenvalue weighted by atomic mass is 16.4. The fraction of sp³-hybridized carbons (Fsp3) is 0.667. The molecule has 1 aromatic heterocycles. The Morgan fingerprint density at radius 1 is 1.57 bits per heavy atom. The number of aliphatic carboxylic acids is 1. The van der Waals surface area contributed by atoms with E-state index in [1.54, 1.807) is 20.0 Å². The van der Waals surface area contributed by atoms with Gasteiger partial charge in [-0.05, 0) is 19.8 Å². The van der Waals surface area contributed by atoms with Crippen LogP contribution >= 0.6 is 0 Å². The summed E-state index contributed by atoms with van der Waals surface area (Å²) in [5.74, 6) is -0.700. The Morgan fingerprint density at radius 2 is 2.14 bits per heavy atom. The quantitative estimate of drug-likeness (QED) is 0.791. The highest BCUT2D eigenvalue weighted by Gasteiger charge is 2.32. The zero-order valence-electron chi connectivity index (χ0n) is 8.85. The third kappa shape index (κ3) is 1.62. The molecule has 0 spiro atoms. The predicted octanol–water partition coefficient (Wildman–Crippen LogP) is 1.22. The first-order valence-electron chi connectivity index (χ1n) is 4.52. The van der Waals surface area contributed by atoms with E-state index in [1.165, 1.54) is 4.68 Å². The van der Waals surface area contributed by atoms with Gasteiger partial charge in [0.15, 0.2) is 5.54 Å². The summed E-state index contributed by atoms with van der Waals surface area (Å²) in [7, 11) is 0. The average Bonchev–Trinajstić information content (AvgIpc) is 2.51. The fourth-order valence-corrected chi connectivity index (χ4v) is 1.16. The van der Waals surface area contributed by atoms with E-state index in [9.17, 15) is 4.79 Å². The van der Waals surface area contributed by atoms with Crippen LogP contribution in [0.15, 0.2) is 6.20 Å². The van der Waals surface area contributed by atoms with Crippen molar-refractivity contribution < 1.29 is 9.90 Å². The maximum Gasteiger partial charge on any atom is 0.331 e. The van der Waals surface area contributed by atoms with Crippen molar-refractivity contribution in [2.24, 2.45) is 0 Å². The lowest BCUT2D eigenvalue weighted by atomic mass is 10.0. The number of carbonyl (C=O) groups is 1. The second-order valence-corrected chi connectivity index (χ2v) is 4.09. The third-order valence-corrected chi connectivity index (χ3v) is 2.22. The molecule has 1 heterocycles. The molecule has 0 aromatic carbocycles. The van der Waals surface area contributed by atoms with Gasteiger partial charge in [-0.1, -0.05) is 19.1 Å². The monoisotopic (exact) mass is 197 g/mol. The van der Waals surface area contributed by atoms with Crippen molar-refractivity contribution in [1.82, 2.24) is 15.0 Å². The van der Waals surface area contributed by atoms with Crippen molar-refractivity contribution in [2.45, 2.75) is 39.2 Å². The molecule has 0 aliphatic rings. The molecule has 1 N–H and O–H groups in total. The maximum absolute atomic E-state index is 11.0. The average molecular weight is 197 g/mol. The van der Waals surface area contributed by atoms with Crippen LogP contribution in [-0.2, 0) is 10.3 Å². The first-order chi connectivity index (χ1) is 6.37. The van der Waals surface area contributed by atoms with Crippen LogP contribution in [0.25, 0.3) is 0 Å². The summed E-state index contributed by atoms with van der Waals surface area (Å²) in [6, 6.07) is 0. The van der Waals surface area contributed by atoms with Crippen LogP contribution in [0, 0.1) is 0 Å². The van der Waals surface area contributed by atoms with Crippen LogP contribution in [0.3, 0.4) is 0 Å². The van der Waals surface area contributed by atoms with Crippen molar-refractivity contribution in [1.29, 1.82) is 0 Å².